The molecule has 0 aromatic heterocycles. The maximum atomic E-state index is 9.19. The van der Waals surface area contributed by atoms with Crippen molar-refractivity contribution >= 4 is 10.0 Å². The van der Waals surface area contributed by atoms with Crippen LogP contribution in [-0.4, -0.2) is 14.7 Å². The van der Waals surface area contributed by atoms with Gasteiger partial charge in [0.1, 0.15) is 0 Å². The van der Waals surface area contributed by atoms with Crippen molar-refractivity contribution in [2.45, 2.75) is 0 Å². The van der Waals surface area contributed by atoms with Crippen molar-refractivity contribution in [3.05, 3.63) is 5.14 Å². The molecule has 0 aliphatic carbocycles. The molecular weight excluding hydrogens is 97.0 g/mol. The van der Waals surface area contributed by atoms with Gasteiger partial charge in [0.05, 0.1) is 10.0 Å². The average Bonchev–Trinajstić information content (AvgIpc) is 0.722. The van der Waals surface area contributed by atoms with Crippen molar-refractivity contribution in [3.8, 4) is 0 Å². The normalized spacial score (nSPS) is 9.67. The monoisotopic (exact) mass is 100 g/mol. The van der Waals surface area contributed by atoms with Gasteiger partial charge in [-0.05, 0) is 0 Å². The molecule has 0 atom stereocenters. The third-order valence-electron chi connectivity index (χ3n) is 0. The molecule has 1 radical (unpaired) electrons. The molecule has 0 rings (SSSR count). The molecule has 5 heteroatoms. The van der Waals surface area contributed by atoms with Gasteiger partial charge in [-0.1, -0.05) is 0 Å². The van der Waals surface area contributed by atoms with E-state index in [1.165, 1.54) is 0 Å². The van der Waals surface area contributed by atoms with Crippen LogP contribution >= 0.6 is 0 Å². The van der Waals surface area contributed by atoms with E-state index < -0.39 is 10.0 Å². The van der Waals surface area contributed by atoms with E-state index in [1.54, 1.807) is 0 Å². The number of nitrogens with zero attached hydrogens (tertiary/aromatic N) is 1. The van der Waals surface area contributed by atoms with E-state index in [2.05, 4.69) is 0 Å². The number of hydrogen-bond acceptors (Lipinski definition) is 2. The number of hydrogen-bond donors (Lipinski definition) is 0. The Labute approximate surface area is 49.1 Å². The fourth-order valence-corrected chi connectivity index (χ4v) is 0. The van der Waals surface area contributed by atoms with E-state index in [-0.39, 0.29) is 18.9 Å². The van der Waals surface area contributed by atoms with Crippen LogP contribution in [0.15, 0.2) is 0 Å². The molecule has 0 aliphatic rings. The standard InChI is InChI=1S/CH3NO2S.Li/c1-5(2,3)4;/h1H3;/q-1;+1. The van der Waals surface area contributed by atoms with E-state index in [0.29, 0.717) is 6.26 Å². The van der Waals surface area contributed by atoms with Crippen molar-refractivity contribution in [2.75, 3.05) is 6.26 Å². The fraction of sp³-hybridized carbons (Fsp3) is 1.00. The third kappa shape index (κ3) is 215. The van der Waals surface area contributed by atoms with Crippen molar-refractivity contribution in [2.24, 2.45) is 0 Å². The van der Waals surface area contributed by atoms with Crippen molar-refractivity contribution in [1.82, 2.24) is 0 Å². The summed E-state index contributed by atoms with van der Waals surface area (Å²) in [6.45, 7) is 0. The van der Waals surface area contributed by atoms with Gasteiger partial charge in [0.25, 0.3) is 0 Å². The molecule has 3 nitrogen and oxygen atoms in total. The summed E-state index contributed by atoms with van der Waals surface area (Å²) >= 11 is 0. The summed E-state index contributed by atoms with van der Waals surface area (Å²) < 4.78 is 18.4. The van der Waals surface area contributed by atoms with Crippen LogP contribution in [0.5, 0.6) is 0 Å². The zero-order chi connectivity index (χ0) is 4.50. The first-order valence-corrected chi connectivity index (χ1v) is 2.77. The second-order valence-corrected chi connectivity index (χ2v) is 2.20. The third-order valence-corrected chi connectivity index (χ3v) is 0. The van der Waals surface area contributed by atoms with Gasteiger partial charge in [-0.15, -0.1) is 0 Å². The maximum absolute atomic E-state index is 9.19. The Hall–Kier alpha value is 0.507. The number of sulfonamides is 1. The zero-order valence-electron chi connectivity index (χ0n) is 3.67. The molecule has 0 saturated carbocycles. The van der Waals surface area contributed by atoms with E-state index in [1.807, 2.05) is 0 Å². The second kappa shape index (κ2) is 2.64. The summed E-state index contributed by atoms with van der Waals surface area (Å²) in [5, 5.41) is 7.49. The van der Waals surface area contributed by atoms with E-state index in [4.69, 9.17) is 5.14 Å². The minimum atomic E-state index is -3.67. The SMILES string of the molecule is CS([N-])(=O)=O.[Li+]. The van der Waals surface area contributed by atoms with E-state index >= 15 is 0 Å². The van der Waals surface area contributed by atoms with Crippen LogP contribution in [0.3, 0.4) is 0 Å². The van der Waals surface area contributed by atoms with Crippen LogP contribution < -0.4 is 18.9 Å². The Morgan fingerprint density at radius 2 is 1.50 bits per heavy atom. The van der Waals surface area contributed by atoms with Crippen LogP contribution in [0, 0.1) is 0 Å². The molecule has 0 fully saturated rings. The van der Waals surface area contributed by atoms with Gasteiger partial charge in [-0.2, -0.15) is 0 Å². The molecule has 0 saturated heterocycles. The van der Waals surface area contributed by atoms with Crippen LogP contribution in [-0.2, 0) is 10.0 Å². The largest absolute Gasteiger partial charge is 1.00 e. The van der Waals surface area contributed by atoms with Gasteiger partial charge in [-0.3, -0.25) is 8.42 Å². The Morgan fingerprint density at radius 1 is 1.50 bits per heavy atom. The first-order valence-electron chi connectivity index (χ1n) is 0.924. The average molecular weight is 100 g/mol. The van der Waals surface area contributed by atoms with Gasteiger partial charge < -0.3 is 5.14 Å². The van der Waals surface area contributed by atoms with Gasteiger partial charge in [0.2, 0.25) is 0 Å². The predicted molar refractivity (Wildman–Crippen MR) is 18.2 cm³/mol. The topological polar surface area (TPSA) is 56.4 Å². The Morgan fingerprint density at radius 3 is 1.50 bits per heavy atom. The molecule has 0 amide bonds. The summed E-state index contributed by atoms with van der Waals surface area (Å²) in [6, 6.07) is 0. The molecule has 0 N–H and O–H groups in total. The molecule has 6 heavy (non-hydrogen) atoms. The molecule has 0 heterocycles. The second-order valence-electron chi connectivity index (χ2n) is 0.733. The van der Waals surface area contributed by atoms with Gasteiger partial charge in [0, 0.05) is 6.26 Å². The molecule has 0 bridgehead atoms. The Balaban J connectivity index is 0. The summed E-state index contributed by atoms with van der Waals surface area (Å²) in [5.74, 6) is 0. The fourth-order valence-electron chi connectivity index (χ4n) is 0. The molecular formula is CH3LiNO2S. The smallest absolute Gasteiger partial charge is 0.683 e. The summed E-state index contributed by atoms with van der Waals surface area (Å²) in [6.07, 6.45) is 0.715. The minimum absolute atomic E-state index is 0. The molecule has 0 unspecified atom stereocenters. The maximum Gasteiger partial charge on any atom is 1.00 e. The summed E-state index contributed by atoms with van der Waals surface area (Å²) in [7, 11) is -3.67. The summed E-state index contributed by atoms with van der Waals surface area (Å²) in [5.41, 5.74) is 0. The minimum Gasteiger partial charge on any atom is -0.683 e. The van der Waals surface area contributed by atoms with Crippen LogP contribution in [0.4, 0.5) is 0 Å². The predicted octanol–water partition coefficient (Wildman–Crippen LogP) is -3.21. The van der Waals surface area contributed by atoms with E-state index in [9.17, 15) is 8.42 Å². The Kier molecular flexibility index (Phi) is 4.28. The zero-order valence-corrected chi connectivity index (χ0v) is 4.49. The van der Waals surface area contributed by atoms with Gasteiger partial charge >= 0.3 is 18.9 Å². The van der Waals surface area contributed by atoms with E-state index in [0.717, 1.165) is 0 Å². The molecule has 0 aromatic carbocycles. The molecule has 0 aliphatic heterocycles. The van der Waals surface area contributed by atoms with Crippen molar-refractivity contribution in [3.63, 3.8) is 0 Å². The van der Waals surface area contributed by atoms with Crippen LogP contribution in [0.25, 0.3) is 5.14 Å². The first kappa shape index (κ1) is 9.72. The molecule has 31 valence electrons. The molecule has 0 aromatic rings. The van der Waals surface area contributed by atoms with Crippen molar-refractivity contribution < 1.29 is 27.3 Å². The summed E-state index contributed by atoms with van der Waals surface area (Å²) in [4.78, 5) is 0. The van der Waals surface area contributed by atoms with Gasteiger partial charge in [-0.25, -0.2) is 0 Å². The molecule has 0 spiro atoms. The Bertz CT molecular complexity index is 96.7. The number of rotatable bonds is 0. The quantitative estimate of drug-likeness (QED) is 0.301. The van der Waals surface area contributed by atoms with Crippen molar-refractivity contribution in [1.29, 1.82) is 0 Å². The van der Waals surface area contributed by atoms with Crippen LogP contribution in [0.1, 0.15) is 0 Å². The first-order chi connectivity index (χ1) is 2.00. The van der Waals surface area contributed by atoms with Crippen LogP contribution in [0.2, 0.25) is 0 Å². The van der Waals surface area contributed by atoms with Gasteiger partial charge in [0.15, 0.2) is 0 Å².